The summed E-state index contributed by atoms with van der Waals surface area (Å²) in [7, 11) is 1.26. The Kier molecular flexibility index (Phi) is 3.38. The number of aromatic nitrogens is 2. The predicted molar refractivity (Wildman–Crippen MR) is 64.3 cm³/mol. The number of benzene rings is 1. The number of carbonyl (C=O) groups excluding carboxylic acids is 1. The topological polar surface area (TPSA) is 87.3 Å². The van der Waals surface area contributed by atoms with Crippen LogP contribution in [0.2, 0.25) is 0 Å². The van der Waals surface area contributed by atoms with Gasteiger partial charge in [0.25, 0.3) is 0 Å². The van der Waals surface area contributed by atoms with E-state index in [1.165, 1.54) is 19.4 Å². The molecule has 0 saturated heterocycles. The van der Waals surface area contributed by atoms with Gasteiger partial charge in [-0.25, -0.2) is 9.78 Å². The van der Waals surface area contributed by atoms with Crippen molar-refractivity contribution in [3.63, 3.8) is 0 Å². The molecule has 18 heavy (non-hydrogen) atoms. The van der Waals surface area contributed by atoms with Crippen molar-refractivity contribution in [3.05, 3.63) is 42.4 Å². The Morgan fingerprint density at radius 1 is 1.28 bits per heavy atom. The molecule has 0 amide bonds. The van der Waals surface area contributed by atoms with Crippen LogP contribution in [0.15, 0.2) is 36.5 Å². The molecule has 0 bridgehead atoms. The number of nitrogens with zero attached hydrogens (tertiary/aromatic N) is 2. The Morgan fingerprint density at radius 3 is 2.78 bits per heavy atom. The van der Waals surface area contributed by atoms with Crippen molar-refractivity contribution in [3.8, 4) is 11.6 Å². The molecular formula is C12H11N3O3. The van der Waals surface area contributed by atoms with Crippen molar-refractivity contribution < 1.29 is 14.3 Å². The molecule has 0 atom stereocenters. The second-order valence-electron chi connectivity index (χ2n) is 3.35. The summed E-state index contributed by atoms with van der Waals surface area (Å²) in [6.07, 6.45) is 1.41. The number of esters is 1. The smallest absolute Gasteiger partial charge is 0.376 e. The summed E-state index contributed by atoms with van der Waals surface area (Å²) in [5.41, 5.74) is 6.21. The van der Waals surface area contributed by atoms with E-state index in [9.17, 15) is 4.79 Å². The first-order valence-corrected chi connectivity index (χ1v) is 5.14. The zero-order chi connectivity index (χ0) is 13.0. The molecule has 2 aromatic rings. The van der Waals surface area contributed by atoms with Gasteiger partial charge in [0, 0.05) is 12.3 Å². The average molecular weight is 245 g/mol. The van der Waals surface area contributed by atoms with Crippen LogP contribution in [0.4, 0.5) is 5.69 Å². The van der Waals surface area contributed by atoms with E-state index in [0.29, 0.717) is 11.4 Å². The van der Waals surface area contributed by atoms with Crippen LogP contribution in [0.5, 0.6) is 11.6 Å². The zero-order valence-electron chi connectivity index (χ0n) is 9.66. The maximum Gasteiger partial charge on any atom is 0.376 e. The van der Waals surface area contributed by atoms with Crippen molar-refractivity contribution in [2.75, 3.05) is 12.8 Å². The van der Waals surface area contributed by atoms with Crippen molar-refractivity contribution in [2.24, 2.45) is 0 Å². The molecule has 6 nitrogen and oxygen atoms in total. The average Bonchev–Trinajstić information content (AvgIpc) is 2.41. The molecule has 2 N–H and O–H groups in total. The highest BCUT2D eigenvalue weighted by Gasteiger charge is 2.11. The molecule has 1 aromatic carbocycles. The number of nitrogens with two attached hydrogens (primary N) is 1. The Bertz CT molecular complexity index is 572. The number of rotatable bonds is 3. The van der Waals surface area contributed by atoms with E-state index in [1.54, 1.807) is 24.3 Å². The molecule has 0 aliphatic heterocycles. The van der Waals surface area contributed by atoms with Gasteiger partial charge >= 0.3 is 5.97 Å². The molecule has 0 aliphatic carbocycles. The van der Waals surface area contributed by atoms with Crippen LogP contribution in [-0.4, -0.2) is 23.0 Å². The van der Waals surface area contributed by atoms with Crippen molar-refractivity contribution in [1.82, 2.24) is 9.97 Å². The van der Waals surface area contributed by atoms with Gasteiger partial charge in [0.2, 0.25) is 11.7 Å². The third kappa shape index (κ3) is 2.54. The number of ether oxygens (including phenoxy) is 2. The number of hydrogen-bond donors (Lipinski definition) is 1. The molecule has 92 valence electrons. The maximum absolute atomic E-state index is 11.3. The SMILES string of the molecule is COC(=O)c1nccc(Oc2ccccc2N)n1. The fraction of sp³-hybridized carbons (Fsp3) is 0.0833. The summed E-state index contributed by atoms with van der Waals surface area (Å²) in [4.78, 5) is 19.0. The highest BCUT2D eigenvalue weighted by molar-refractivity contribution is 5.85. The summed E-state index contributed by atoms with van der Waals surface area (Å²) in [5, 5.41) is 0. The van der Waals surface area contributed by atoms with Crippen LogP contribution < -0.4 is 10.5 Å². The van der Waals surface area contributed by atoms with Gasteiger partial charge in [0.05, 0.1) is 12.8 Å². The lowest BCUT2D eigenvalue weighted by atomic mass is 10.3. The maximum atomic E-state index is 11.3. The number of carbonyl (C=O) groups is 1. The van der Waals surface area contributed by atoms with Gasteiger partial charge in [-0.2, -0.15) is 4.98 Å². The highest BCUT2D eigenvalue weighted by Crippen LogP contribution is 2.25. The van der Waals surface area contributed by atoms with Gasteiger partial charge in [-0.15, -0.1) is 0 Å². The molecule has 0 spiro atoms. The second-order valence-corrected chi connectivity index (χ2v) is 3.35. The van der Waals surface area contributed by atoms with Gasteiger partial charge in [0.1, 0.15) is 0 Å². The van der Waals surface area contributed by atoms with Gasteiger partial charge < -0.3 is 15.2 Å². The first-order chi connectivity index (χ1) is 8.70. The Labute approximate surface area is 103 Å². The van der Waals surface area contributed by atoms with Crippen LogP contribution >= 0.6 is 0 Å². The fourth-order valence-corrected chi connectivity index (χ4v) is 1.27. The lowest BCUT2D eigenvalue weighted by Crippen LogP contribution is -2.07. The van der Waals surface area contributed by atoms with Crippen molar-refractivity contribution in [2.45, 2.75) is 0 Å². The number of nitrogen functional groups attached to an aromatic ring is 1. The van der Waals surface area contributed by atoms with Crippen molar-refractivity contribution in [1.29, 1.82) is 0 Å². The highest BCUT2D eigenvalue weighted by atomic mass is 16.5. The lowest BCUT2D eigenvalue weighted by molar-refractivity contribution is 0.0585. The summed E-state index contributed by atoms with van der Waals surface area (Å²) >= 11 is 0. The zero-order valence-corrected chi connectivity index (χ0v) is 9.66. The lowest BCUT2D eigenvalue weighted by Gasteiger charge is -2.07. The standard InChI is InChI=1S/C12H11N3O3/c1-17-12(16)11-14-7-6-10(15-11)18-9-5-3-2-4-8(9)13/h2-7H,13H2,1H3. The molecule has 0 aliphatic rings. The summed E-state index contributed by atoms with van der Waals surface area (Å²) in [6.45, 7) is 0. The van der Waals surface area contributed by atoms with Crippen LogP contribution in [0, 0.1) is 0 Å². The van der Waals surface area contributed by atoms with Crippen LogP contribution in [-0.2, 0) is 4.74 Å². The van der Waals surface area contributed by atoms with Crippen LogP contribution in [0.25, 0.3) is 0 Å². The summed E-state index contributed by atoms with van der Waals surface area (Å²) in [6, 6.07) is 8.52. The molecule has 0 fully saturated rings. The predicted octanol–water partition coefficient (Wildman–Crippen LogP) is 1.64. The van der Waals surface area contributed by atoms with Gasteiger partial charge in [0.15, 0.2) is 5.75 Å². The Morgan fingerprint density at radius 2 is 2.06 bits per heavy atom. The van der Waals surface area contributed by atoms with Crippen molar-refractivity contribution >= 4 is 11.7 Å². The molecule has 1 heterocycles. The number of methoxy groups -OCH3 is 1. The quantitative estimate of drug-likeness (QED) is 0.653. The van der Waals surface area contributed by atoms with E-state index in [1.807, 2.05) is 0 Å². The Balaban J connectivity index is 2.25. The third-order valence-corrected chi connectivity index (χ3v) is 2.13. The minimum Gasteiger partial charge on any atom is -0.463 e. The van der Waals surface area contributed by atoms with E-state index in [-0.39, 0.29) is 11.7 Å². The number of para-hydroxylation sites is 2. The second kappa shape index (κ2) is 5.13. The van der Waals surface area contributed by atoms with E-state index in [4.69, 9.17) is 10.5 Å². The number of anilines is 1. The van der Waals surface area contributed by atoms with Gasteiger partial charge in [-0.1, -0.05) is 12.1 Å². The number of hydrogen-bond acceptors (Lipinski definition) is 6. The summed E-state index contributed by atoms with van der Waals surface area (Å²) in [5.74, 6) is 0.00121. The normalized spacial score (nSPS) is 9.83. The largest absolute Gasteiger partial charge is 0.463 e. The molecule has 1 aromatic heterocycles. The first-order valence-electron chi connectivity index (χ1n) is 5.14. The molecule has 0 saturated carbocycles. The Hall–Kier alpha value is -2.63. The summed E-state index contributed by atoms with van der Waals surface area (Å²) < 4.78 is 9.98. The molecule has 2 rings (SSSR count). The minimum absolute atomic E-state index is 0.0653. The fourth-order valence-electron chi connectivity index (χ4n) is 1.27. The van der Waals surface area contributed by atoms with E-state index < -0.39 is 5.97 Å². The third-order valence-electron chi connectivity index (χ3n) is 2.13. The van der Waals surface area contributed by atoms with Gasteiger partial charge in [-0.3, -0.25) is 0 Å². The molecular weight excluding hydrogens is 234 g/mol. The monoisotopic (exact) mass is 245 g/mol. The minimum atomic E-state index is -0.624. The van der Waals surface area contributed by atoms with Crippen LogP contribution in [0.3, 0.4) is 0 Å². The molecule has 6 heteroatoms. The molecule has 0 unspecified atom stereocenters. The van der Waals surface area contributed by atoms with Gasteiger partial charge in [-0.05, 0) is 12.1 Å². The first kappa shape index (κ1) is 11.8. The van der Waals surface area contributed by atoms with E-state index in [0.717, 1.165) is 0 Å². The molecule has 0 radical (unpaired) electrons. The van der Waals surface area contributed by atoms with E-state index >= 15 is 0 Å². The van der Waals surface area contributed by atoms with E-state index in [2.05, 4.69) is 14.7 Å². The van der Waals surface area contributed by atoms with Crippen LogP contribution in [0.1, 0.15) is 10.6 Å².